The molecule has 2 N–H and O–H groups in total. The summed E-state index contributed by atoms with van der Waals surface area (Å²) in [5.74, 6) is -0.0971. The number of hydrogen-bond acceptors (Lipinski definition) is 3. The standard InChI is InChI=1S/C13H23N3O3/c1-2-11(12(17)18)14-13(19)16-7-5-15(6-8-16)9-10-3-4-10/h10-11H,2-9H2,1H3,(H,14,19)(H,17,18). The molecule has 19 heavy (non-hydrogen) atoms. The maximum Gasteiger partial charge on any atom is 0.326 e. The summed E-state index contributed by atoms with van der Waals surface area (Å²) in [6.45, 7) is 6.08. The number of carbonyl (C=O) groups is 2. The summed E-state index contributed by atoms with van der Waals surface area (Å²) in [6.07, 6.45) is 3.09. The average Bonchev–Trinajstić information content (AvgIpc) is 3.20. The molecule has 6 nitrogen and oxygen atoms in total. The van der Waals surface area contributed by atoms with Gasteiger partial charge in [0.25, 0.3) is 0 Å². The van der Waals surface area contributed by atoms with Crippen LogP contribution in [0.4, 0.5) is 4.79 Å². The molecular formula is C13H23N3O3. The molecule has 1 aliphatic carbocycles. The predicted molar refractivity (Wildman–Crippen MR) is 71.0 cm³/mol. The molecule has 1 unspecified atom stereocenters. The van der Waals surface area contributed by atoms with Gasteiger partial charge in [0.05, 0.1) is 0 Å². The van der Waals surface area contributed by atoms with Gasteiger partial charge in [0, 0.05) is 32.7 Å². The number of nitrogens with zero attached hydrogens (tertiary/aromatic N) is 2. The average molecular weight is 269 g/mol. The lowest BCUT2D eigenvalue weighted by Gasteiger charge is -2.35. The Balaban J connectivity index is 1.73. The van der Waals surface area contributed by atoms with Crippen LogP contribution in [0, 0.1) is 5.92 Å². The van der Waals surface area contributed by atoms with E-state index in [1.54, 1.807) is 11.8 Å². The van der Waals surface area contributed by atoms with Crippen LogP contribution in [0.25, 0.3) is 0 Å². The van der Waals surface area contributed by atoms with E-state index in [1.807, 2.05) is 0 Å². The monoisotopic (exact) mass is 269 g/mol. The SMILES string of the molecule is CCC(NC(=O)N1CCN(CC2CC2)CC1)C(=O)O. The molecule has 0 bridgehead atoms. The fourth-order valence-corrected chi connectivity index (χ4v) is 2.38. The van der Waals surface area contributed by atoms with Crippen molar-refractivity contribution in [2.24, 2.45) is 5.92 Å². The second-order valence-electron chi connectivity index (χ2n) is 5.48. The van der Waals surface area contributed by atoms with Crippen LogP contribution >= 0.6 is 0 Å². The van der Waals surface area contributed by atoms with Crippen LogP contribution in [-0.4, -0.2) is 65.7 Å². The van der Waals surface area contributed by atoms with Gasteiger partial charge in [-0.25, -0.2) is 9.59 Å². The zero-order valence-electron chi connectivity index (χ0n) is 11.5. The topological polar surface area (TPSA) is 72.9 Å². The number of carboxylic acid groups (broad SMARTS) is 1. The van der Waals surface area contributed by atoms with Crippen molar-refractivity contribution in [3.63, 3.8) is 0 Å². The third-order valence-corrected chi connectivity index (χ3v) is 3.88. The van der Waals surface area contributed by atoms with Crippen molar-refractivity contribution in [2.45, 2.75) is 32.2 Å². The van der Waals surface area contributed by atoms with E-state index in [0.717, 1.165) is 25.6 Å². The first kappa shape index (κ1) is 14.1. The molecule has 1 heterocycles. The number of amides is 2. The molecule has 2 rings (SSSR count). The third kappa shape index (κ3) is 4.09. The highest BCUT2D eigenvalue weighted by molar-refractivity contribution is 5.82. The number of carbonyl (C=O) groups excluding carboxylic acids is 1. The van der Waals surface area contributed by atoms with Gasteiger partial charge in [-0.1, -0.05) is 6.92 Å². The highest BCUT2D eigenvalue weighted by atomic mass is 16.4. The second kappa shape index (κ2) is 6.23. The molecular weight excluding hydrogens is 246 g/mol. The van der Waals surface area contributed by atoms with E-state index in [1.165, 1.54) is 12.8 Å². The third-order valence-electron chi connectivity index (χ3n) is 3.88. The van der Waals surface area contributed by atoms with Crippen molar-refractivity contribution < 1.29 is 14.7 Å². The Kier molecular flexibility index (Phi) is 4.63. The van der Waals surface area contributed by atoms with Crippen LogP contribution in [0.2, 0.25) is 0 Å². The smallest absolute Gasteiger partial charge is 0.326 e. The minimum absolute atomic E-state index is 0.250. The van der Waals surface area contributed by atoms with Crippen molar-refractivity contribution in [3.05, 3.63) is 0 Å². The van der Waals surface area contributed by atoms with E-state index in [4.69, 9.17) is 5.11 Å². The normalized spacial score (nSPS) is 22.1. The number of hydrogen-bond donors (Lipinski definition) is 2. The van der Waals surface area contributed by atoms with Gasteiger partial charge in [0.1, 0.15) is 6.04 Å². The number of carboxylic acids is 1. The van der Waals surface area contributed by atoms with Crippen LogP contribution in [0.5, 0.6) is 0 Å². The number of aliphatic carboxylic acids is 1. The highest BCUT2D eigenvalue weighted by Gasteiger charge is 2.28. The van der Waals surface area contributed by atoms with Crippen molar-refractivity contribution in [1.29, 1.82) is 0 Å². The Morgan fingerprint density at radius 3 is 2.37 bits per heavy atom. The maximum atomic E-state index is 11.9. The van der Waals surface area contributed by atoms with Gasteiger partial charge in [0.15, 0.2) is 0 Å². The molecule has 1 saturated carbocycles. The molecule has 2 fully saturated rings. The van der Waals surface area contributed by atoms with Crippen LogP contribution in [0.3, 0.4) is 0 Å². The molecule has 6 heteroatoms. The molecule has 0 radical (unpaired) electrons. The summed E-state index contributed by atoms with van der Waals surface area (Å²) in [5.41, 5.74) is 0. The summed E-state index contributed by atoms with van der Waals surface area (Å²) in [5, 5.41) is 11.5. The quantitative estimate of drug-likeness (QED) is 0.766. The number of nitrogens with one attached hydrogen (secondary N) is 1. The molecule has 0 aromatic rings. The summed E-state index contributed by atoms with van der Waals surface area (Å²) in [6, 6.07) is -1.03. The van der Waals surface area contributed by atoms with Crippen molar-refractivity contribution in [1.82, 2.24) is 15.1 Å². The molecule has 2 aliphatic rings. The first-order valence-electron chi connectivity index (χ1n) is 7.10. The van der Waals surface area contributed by atoms with Crippen molar-refractivity contribution >= 4 is 12.0 Å². The Bertz CT molecular complexity index is 336. The number of rotatable bonds is 5. The van der Waals surface area contributed by atoms with Gasteiger partial charge in [-0.2, -0.15) is 0 Å². The highest BCUT2D eigenvalue weighted by Crippen LogP contribution is 2.29. The zero-order chi connectivity index (χ0) is 13.8. The van der Waals surface area contributed by atoms with Crippen molar-refractivity contribution in [2.75, 3.05) is 32.7 Å². The summed E-state index contributed by atoms with van der Waals surface area (Å²) in [4.78, 5) is 26.9. The molecule has 0 aromatic carbocycles. The largest absolute Gasteiger partial charge is 0.480 e. The summed E-state index contributed by atoms with van der Waals surface area (Å²) >= 11 is 0. The maximum absolute atomic E-state index is 11.9. The first-order chi connectivity index (χ1) is 9.10. The molecule has 1 atom stereocenters. The van der Waals surface area contributed by atoms with E-state index in [0.29, 0.717) is 19.5 Å². The molecule has 1 saturated heterocycles. The van der Waals surface area contributed by atoms with E-state index < -0.39 is 12.0 Å². The Labute approximate surface area is 113 Å². The van der Waals surface area contributed by atoms with Crippen LogP contribution < -0.4 is 5.32 Å². The van der Waals surface area contributed by atoms with Crippen LogP contribution in [0.1, 0.15) is 26.2 Å². The van der Waals surface area contributed by atoms with Gasteiger partial charge in [-0.3, -0.25) is 4.90 Å². The van der Waals surface area contributed by atoms with Gasteiger partial charge in [0.2, 0.25) is 0 Å². The minimum Gasteiger partial charge on any atom is -0.480 e. The van der Waals surface area contributed by atoms with Gasteiger partial charge in [-0.05, 0) is 25.2 Å². The summed E-state index contributed by atoms with van der Waals surface area (Å²) in [7, 11) is 0. The molecule has 0 spiro atoms. The molecule has 1 aliphatic heterocycles. The Hall–Kier alpha value is -1.30. The predicted octanol–water partition coefficient (Wildman–Crippen LogP) is 0.587. The Morgan fingerprint density at radius 2 is 1.89 bits per heavy atom. The number of piperazine rings is 1. The lowest BCUT2D eigenvalue weighted by Crippen LogP contribution is -2.54. The fourth-order valence-electron chi connectivity index (χ4n) is 2.38. The van der Waals surface area contributed by atoms with E-state index in [2.05, 4.69) is 10.2 Å². The van der Waals surface area contributed by atoms with Gasteiger partial charge < -0.3 is 15.3 Å². The van der Waals surface area contributed by atoms with Crippen LogP contribution in [-0.2, 0) is 4.79 Å². The fraction of sp³-hybridized carbons (Fsp3) is 0.846. The van der Waals surface area contributed by atoms with Crippen LogP contribution in [0.15, 0.2) is 0 Å². The van der Waals surface area contributed by atoms with E-state index >= 15 is 0 Å². The second-order valence-corrected chi connectivity index (χ2v) is 5.48. The van der Waals surface area contributed by atoms with E-state index in [-0.39, 0.29) is 6.03 Å². The molecule has 2 amide bonds. The van der Waals surface area contributed by atoms with E-state index in [9.17, 15) is 9.59 Å². The zero-order valence-corrected chi connectivity index (χ0v) is 11.5. The first-order valence-corrected chi connectivity index (χ1v) is 7.10. The number of urea groups is 1. The molecule has 0 aromatic heterocycles. The lowest BCUT2D eigenvalue weighted by molar-refractivity contribution is -0.139. The van der Waals surface area contributed by atoms with Gasteiger partial charge in [-0.15, -0.1) is 0 Å². The van der Waals surface area contributed by atoms with Crippen molar-refractivity contribution in [3.8, 4) is 0 Å². The lowest BCUT2D eigenvalue weighted by atomic mass is 10.2. The summed E-state index contributed by atoms with van der Waals surface area (Å²) < 4.78 is 0. The van der Waals surface area contributed by atoms with Gasteiger partial charge >= 0.3 is 12.0 Å². The minimum atomic E-state index is -0.969. The Morgan fingerprint density at radius 1 is 1.26 bits per heavy atom. The molecule has 108 valence electrons.